The average molecular weight is 287 g/mol. The van der Waals surface area contributed by atoms with Gasteiger partial charge in [0.25, 0.3) is 0 Å². The number of ether oxygens (including phenoxy) is 2. The Balaban J connectivity index is 2.00. The molecule has 0 saturated carbocycles. The van der Waals surface area contributed by atoms with Crippen LogP contribution < -0.4 is 14.8 Å². The van der Waals surface area contributed by atoms with Crippen molar-refractivity contribution in [3.8, 4) is 17.2 Å². The van der Waals surface area contributed by atoms with E-state index in [0.717, 1.165) is 16.9 Å². The normalized spacial score (nSPS) is 12.0. The Labute approximate surface area is 125 Å². The van der Waals surface area contributed by atoms with Crippen LogP contribution in [0.4, 0.5) is 0 Å². The molecule has 0 radical (unpaired) electrons. The minimum atomic E-state index is 0.158. The molecule has 0 heterocycles. The van der Waals surface area contributed by atoms with Crippen molar-refractivity contribution in [3.63, 3.8) is 0 Å². The fraction of sp³-hybridized carbons (Fsp3) is 0.294. The van der Waals surface area contributed by atoms with Crippen LogP contribution in [0.1, 0.15) is 24.1 Å². The molecule has 0 aliphatic carbocycles. The van der Waals surface area contributed by atoms with Gasteiger partial charge < -0.3 is 19.9 Å². The van der Waals surface area contributed by atoms with E-state index >= 15 is 0 Å². The molecule has 0 aliphatic heterocycles. The monoisotopic (exact) mass is 287 g/mol. The third kappa shape index (κ3) is 3.89. The van der Waals surface area contributed by atoms with E-state index in [1.807, 2.05) is 24.3 Å². The Morgan fingerprint density at radius 3 is 2.57 bits per heavy atom. The number of phenols is 1. The first-order valence-corrected chi connectivity index (χ1v) is 6.87. The van der Waals surface area contributed by atoms with E-state index in [1.165, 1.54) is 7.11 Å². The maximum absolute atomic E-state index is 9.77. The van der Waals surface area contributed by atoms with Crippen molar-refractivity contribution in [3.05, 3.63) is 53.6 Å². The number of benzene rings is 2. The Bertz CT molecular complexity index is 598. The van der Waals surface area contributed by atoms with E-state index < -0.39 is 0 Å². The smallest absolute Gasteiger partial charge is 0.160 e. The summed E-state index contributed by atoms with van der Waals surface area (Å²) in [4.78, 5) is 0. The SMILES string of the molecule is COc1cccc([C@H](C)NCc2ccc(OC)c(O)c2)c1. The molecule has 112 valence electrons. The lowest BCUT2D eigenvalue weighted by atomic mass is 10.1. The quantitative estimate of drug-likeness (QED) is 0.856. The van der Waals surface area contributed by atoms with Crippen LogP contribution in [-0.2, 0) is 6.54 Å². The number of hydrogen-bond acceptors (Lipinski definition) is 4. The Morgan fingerprint density at radius 1 is 1.10 bits per heavy atom. The van der Waals surface area contributed by atoms with Crippen LogP contribution in [0.2, 0.25) is 0 Å². The summed E-state index contributed by atoms with van der Waals surface area (Å²) in [5.41, 5.74) is 2.16. The second-order valence-corrected chi connectivity index (χ2v) is 4.89. The third-order valence-electron chi connectivity index (χ3n) is 3.45. The lowest BCUT2D eigenvalue weighted by Crippen LogP contribution is -2.18. The van der Waals surface area contributed by atoms with Crippen LogP contribution in [0.15, 0.2) is 42.5 Å². The lowest BCUT2D eigenvalue weighted by Gasteiger charge is -2.15. The molecule has 0 spiro atoms. The molecule has 2 aromatic carbocycles. The van der Waals surface area contributed by atoms with Gasteiger partial charge in [0.05, 0.1) is 14.2 Å². The molecule has 0 saturated heterocycles. The largest absolute Gasteiger partial charge is 0.504 e. The summed E-state index contributed by atoms with van der Waals surface area (Å²) < 4.78 is 10.3. The highest BCUT2D eigenvalue weighted by Crippen LogP contribution is 2.26. The molecule has 0 fully saturated rings. The molecule has 0 aliphatic rings. The fourth-order valence-corrected chi connectivity index (χ4v) is 2.15. The molecule has 2 aromatic rings. The second kappa shape index (κ2) is 6.99. The number of phenolic OH excluding ortho intramolecular Hbond substituents is 1. The molecule has 0 bridgehead atoms. The predicted octanol–water partition coefficient (Wildman–Crippen LogP) is 3.26. The van der Waals surface area contributed by atoms with Gasteiger partial charge in [-0.15, -0.1) is 0 Å². The molecule has 4 nitrogen and oxygen atoms in total. The number of aromatic hydroxyl groups is 1. The van der Waals surface area contributed by atoms with Gasteiger partial charge in [0.1, 0.15) is 5.75 Å². The molecular weight excluding hydrogens is 266 g/mol. The zero-order valence-corrected chi connectivity index (χ0v) is 12.6. The Hall–Kier alpha value is -2.20. The maximum atomic E-state index is 9.77. The minimum Gasteiger partial charge on any atom is -0.504 e. The second-order valence-electron chi connectivity index (χ2n) is 4.89. The summed E-state index contributed by atoms with van der Waals surface area (Å²) in [5.74, 6) is 1.49. The van der Waals surface area contributed by atoms with Gasteiger partial charge >= 0.3 is 0 Å². The van der Waals surface area contributed by atoms with Crippen molar-refractivity contribution in [1.82, 2.24) is 5.32 Å². The van der Waals surface area contributed by atoms with Crippen LogP contribution in [0, 0.1) is 0 Å². The summed E-state index contributed by atoms with van der Waals surface area (Å²) in [5, 5.41) is 13.2. The zero-order valence-electron chi connectivity index (χ0n) is 12.6. The van der Waals surface area contributed by atoms with Crippen molar-refractivity contribution in [2.75, 3.05) is 14.2 Å². The highest BCUT2D eigenvalue weighted by molar-refractivity contribution is 5.41. The van der Waals surface area contributed by atoms with Gasteiger partial charge in [-0.05, 0) is 42.3 Å². The molecular formula is C17H21NO3. The first-order valence-electron chi connectivity index (χ1n) is 6.87. The Morgan fingerprint density at radius 2 is 1.90 bits per heavy atom. The van der Waals surface area contributed by atoms with Gasteiger partial charge in [0.2, 0.25) is 0 Å². The van der Waals surface area contributed by atoms with Crippen molar-refractivity contribution >= 4 is 0 Å². The number of nitrogens with one attached hydrogen (secondary N) is 1. The highest BCUT2D eigenvalue weighted by atomic mass is 16.5. The van der Waals surface area contributed by atoms with Crippen molar-refractivity contribution in [2.45, 2.75) is 19.5 Å². The van der Waals surface area contributed by atoms with Crippen LogP contribution >= 0.6 is 0 Å². The van der Waals surface area contributed by atoms with E-state index in [-0.39, 0.29) is 11.8 Å². The number of rotatable bonds is 6. The van der Waals surface area contributed by atoms with Gasteiger partial charge in [0, 0.05) is 12.6 Å². The molecule has 21 heavy (non-hydrogen) atoms. The fourth-order valence-electron chi connectivity index (χ4n) is 2.15. The van der Waals surface area contributed by atoms with Crippen LogP contribution in [0.3, 0.4) is 0 Å². The summed E-state index contributed by atoms with van der Waals surface area (Å²) >= 11 is 0. The van der Waals surface area contributed by atoms with E-state index in [1.54, 1.807) is 19.2 Å². The molecule has 2 N–H and O–H groups in total. The number of methoxy groups -OCH3 is 2. The zero-order chi connectivity index (χ0) is 15.2. The summed E-state index contributed by atoms with van der Waals surface area (Å²) in [6.07, 6.45) is 0. The third-order valence-corrected chi connectivity index (χ3v) is 3.45. The standard InChI is InChI=1S/C17H21NO3/c1-12(14-5-4-6-15(10-14)20-2)18-11-13-7-8-17(21-3)16(19)9-13/h4-10,12,18-19H,11H2,1-3H3/t12-/m0/s1. The van der Waals surface area contributed by atoms with Crippen molar-refractivity contribution in [2.24, 2.45) is 0 Å². The summed E-state index contributed by atoms with van der Waals surface area (Å²) in [7, 11) is 3.20. The molecule has 0 aromatic heterocycles. The first kappa shape index (κ1) is 15.2. The van der Waals surface area contributed by atoms with Crippen LogP contribution in [0.25, 0.3) is 0 Å². The Kier molecular flexibility index (Phi) is 5.06. The first-order chi connectivity index (χ1) is 10.1. The molecule has 0 unspecified atom stereocenters. The predicted molar refractivity (Wildman–Crippen MR) is 82.9 cm³/mol. The van der Waals surface area contributed by atoms with Gasteiger partial charge in [0.15, 0.2) is 11.5 Å². The van der Waals surface area contributed by atoms with Crippen molar-refractivity contribution < 1.29 is 14.6 Å². The van der Waals surface area contributed by atoms with E-state index in [9.17, 15) is 5.11 Å². The summed E-state index contributed by atoms with van der Waals surface area (Å²) in [6, 6.07) is 13.6. The van der Waals surface area contributed by atoms with Gasteiger partial charge in [-0.2, -0.15) is 0 Å². The van der Waals surface area contributed by atoms with E-state index in [2.05, 4.69) is 18.3 Å². The van der Waals surface area contributed by atoms with Crippen molar-refractivity contribution in [1.29, 1.82) is 0 Å². The molecule has 0 amide bonds. The average Bonchev–Trinajstić information content (AvgIpc) is 2.52. The maximum Gasteiger partial charge on any atom is 0.160 e. The molecule has 4 heteroatoms. The minimum absolute atomic E-state index is 0.158. The van der Waals surface area contributed by atoms with Crippen LogP contribution in [-0.4, -0.2) is 19.3 Å². The topological polar surface area (TPSA) is 50.7 Å². The summed E-state index contributed by atoms with van der Waals surface area (Å²) in [6.45, 7) is 2.76. The van der Waals surface area contributed by atoms with E-state index in [4.69, 9.17) is 9.47 Å². The highest BCUT2D eigenvalue weighted by Gasteiger charge is 2.07. The molecule has 1 atom stereocenters. The molecule has 2 rings (SSSR count). The van der Waals surface area contributed by atoms with Gasteiger partial charge in [-0.1, -0.05) is 18.2 Å². The van der Waals surface area contributed by atoms with Gasteiger partial charge in [-0.25, -0.2) is 0 Å². The number of hydrogen-bond donors (Lipinski definition) is 2. The van der Waals surface area contributed by atoms with Crippen LogP contribution in [0.5, 0.6) is 17.2 Å². The van der Waals surface area contributed by atoms with Gasteiger partial charge in [-0.3, -0.25) is 0 Å². The lowest BCUT2D eigenvalue weighted by molar-refractivity contribution is 0.373. The van der Waals surface area contributed by atoms with E-state index in [0.29, 0.717) is 12.3 Å².